The second-order valence-electron chi connectivity index (χ2n) is 13.6. The molecule has 0 radical (unpaired) electrons. The number of nitrogens with zero attached hydrogens (tertiary/aromatic N) is 3. The lowest BCUT2D eigenvalue weighted by Crippen LogP contribution is -2.30. The molecule has 1 aromatic heterocycles. The lowest BCUT2D eigenvalue weighted by atomic mass is 9.72. The fraction of sp³-hybridized carbons (Fsp3) is 0.0652. The van der Waals surface area contributed by atoms with Crippen LogP contribution < -0.4 is 4.90 Å². The van der Waals surface area contributed by atoms with Gasteiger partial charge < -0.3 is 4.90 Å². The van der Waals surface area contributed by atoms with Crippen molar-refractivity contribution in [2.24, 2.45) is 0 Å². The molecule has 0 unspecified atom stereocenters. The summed E-state index contributed by atoms with van der Waals surface area (Å²) in [4.78, 5) is 7.68. The summed E-state index contributed by atoms with van der Waals surface area (Å²) in [7, 11) is 0. The zero-order valence-corrected chi connectivity index (χ0v) is 27.4. The number of fused-ring (bicyclic) bond motifs is 9. The van der Waals surface area contributed by atoms with Crippen molar-refractivity contribution < 1.29 is 0 Å². The van der Waals surface area contributed by atoms with Crippen LogP contribution in [0.2, 0.25) is 0 Å². The van der Waals surface area contributed by atoms with Crippen LogP contribution in [0.4, 0.5) is 17.1 Å². The first kappa shape index (κ1) is 27.9. The Bertz CT molecular complexity index is 2750. The van der Waals surface area contributed by atoms with Crippen molar-refractivity contribution in [3.05, 3.63) is 175 Å². The molecular formula is C46H33N3. The standard InChI is InChI=1S/C46H33N3/c1-46(2)39-23-10-12-25-42(39)48(44-29-38-36-22-9-7-20-34(36)33-19-6-8-21-35(33)37(38)28-40(44)46)32-18-14-15-30(27-32)45-47-41-24-11-13-26-43(41)49(45)31-16-4-3-5-17-31/h3-29H,1-2H3. The van der Waals surface area contributed by atoms with E-state index < -0.39 is 0 Å². The summed E-state index contributed by atoms with van der Waals surface area (Å²) < 4.78 is 2.28. The van der Waals surface area contributed by atoms with Crippen LogP contribution in [0.3, 0.4) is 0 Å². The molecule has 49 heavy (non-hydrogen) atoms. The van der Waals surface area contributed by atoms with E-state index in [4.69, 9.17) is 4.98 Å². The maximum Gasteiger partial charge on any atom is 0.145 e. The van der Waals surface area contributed by atoms with Crippen molar-refractivity contribution in [3.8, 4) is 17.1 Å². The van der Waals surface area contributed by atoms with Gasteiger partial charge in [0.2, 0.25) is 0 Å². The van der Waals surface area contributed by atoms with Gasteiger partial charge in [-0.15, -0.1) is 0 Å². The molecule has 0 bridgehead atoms. The Morgan fingerprint density at radius 3 is 1.80 bits per heavy atom. The van der Waals surface area contributed by atoms with Crippen LogP contribution in [-0.2, 0) is 5.41 Å². The number of rotatable bonds is 3. The molecule has 232 valence electrons. The van der Waals surface area contributed by atoms with Crippen LogP contribution in [-0.4, -0.2) is 9.55 Å². The molecule has 1 aliphatic heterocycles. The summed E-state index contributed by atoms with van der Waals surface area (Å²) in [6.45, 7) is 4.74. The van der Waals surface area contributed by atoms with Crippen molar-refractivity contribution in [1.82, 2.24) is 9.55 Å². The highest BCUT2D eigenvalue weighted by atomic mass is 15.2. The Hall–Kier alpha value is -6.19. The van der Waals surface area contributed by atoms with E-state index in [0.717, 1.165) is 33.8 Å². The van der Waals surface area contributed by atoms with E-state index in [9.17, 15) is 0 Å². The van der Waals surface area contributed by atoms with Crippen LogP contribution in [0.15, 0.2) is 164 Å². The first-order valence-corrected chi connectivity index (χ1v) is 17.0. The number of anilines is 3. The zero-order chi connectivity index (χ0) is 32.7. The number of hydrogen-bond acceptors (Lipinski definition) is 2. The summed E-state index contributed by atoms with van der Waals surface area (Å²) in [5.74, 6) is 0.927. The molecule has 8 aromatic carbocycles. The zero-order valence-electron chi connectivity index (χ0n) is 27.4. The van der Waals surface area contributed by atoms with Gasteiger partial charge in [0.15, 0.2) is 0 Å². The third-order valence-corrected chi connectivity index (χ3v) is 10.5. The molecule has 0 N–H and O–H groups in total. The third-order valence-electron chi connectivity index (χ3n) is 10.5. The average Bonchev–Trinajstić information content (AvgIpc) is 3.55. The maximum absolute atomic E-state index is 5.21. The van der Waals surface area contributed by atoms with Crippen molar-refractivity contribution >= 4 is 60.4 Å². The molecule has 0 fully saturated rings. The van der Waals surface area contributed by atoms with Crippen molar-refractivity contribution in [2.45, 2.75) is 19.3 Å². The second-order valence-corrected chi connectivity index (χ2v) is 13.6. The molecule has 0 aliphatic carbocycles. The molecule has 0 spiro atoms. The van der Waals surface area contributed by atoms with E-state index in [-0.39, 0.29) is 5.41 Å². The molecule has 0 atom stereocenters. The minimum absolute atomic E-state index is 0.206. The predicted molar refractivity (Wildman–Crippen MR) is 206 cm³/mol. The third kappa shape index (κ3) is 4.06. The monoisotopic (exact) mass is 627 g/mol. The van der Waals surface area contributed by atoms with Gasteiger partial charge in [-0.05, 0) is 98.0 Å². The van der Waals surface area contributed by atoms with Gasteiger partial charge >= 0.3 is 0 Å². The van der Waals surface area contributed by atoms with Crippen molar-refractivity contribution in [1.29, 1.82) is 0 Å². The maximum atomic E-state index is 5.21. The molecule has 0 saturated carbocycles. The lowest BCUT2D eigenvalue weighted by Gasteiger charge is -2.42. The Labute approximate surface area is 285 Å². The number of aromatic nitrogens is 2. The minimum atomic E-state index is -0.206. The SMILES string of the molecule is CC1(C)c2ccccc2N(c2cccc(-c3nc4ccccc4n3-c3ccccc3)c2)c2cc3c4ccccc4c4ccccc4c3cc21. The predicted octanol–water partition coefficient (Wildman–Crippen LogP) is 12.3. The summed E-state index contributed by atoms with van der Waals surface area (Å²) in [5.41, 5.74) is 10.2. The Morgan fingerprint density at radius 1 is 0.449 bits per heavy atom. The van der Waals surface area contributed by atoms with E-state index in [0.29, 0.717) is 0 Å². The summed E-state index contributed by atoms with van der Waals surface area (Å²) in [6, 6.07) is 59.4. The first-order valence-electron chi connectivity index (χ1n) is 17.0. The van der Waals surface area contributed by atoms with Crippen molar-refractivity contribution in [3.63, 3.8) is 0 Å². The Balaban J connectivity index is 1.26. The summed E-state index contributed by atoms with van der Waals surface area (Å²) in [6.07, 6.45) is 0. The first-order chi connectivity index (χ1) is 24.1. The van der Waals surface area contributed by atoms with E-state index in [1.807, 2.05) is 0 Å². The molecule has 10 rings (SSSR count). The molecule has 1 aliphatic rings. The van der Waals surface area contributed by atoms with Crippen LogP contribution in [0.25, 0.3) is 60.4 Å². The normalized spacial score (nSPS) is 13.6. The number of hydrogen-bond donors (Lipinski definition) is 0. The quantitative estimate of drug-likeness (QED) is 0.182. The largest absolute Gasteiger partial charge is 0.310 e. The topological polar surface area (TPSA) is 21.1 Å². The molecule has 0 saturated heterocycles. The Morgan fingerprint density at radius 2 is 1.04 bits per heavy atom. The van der Waals surface area contributed by atoms with E-state index in [1.165, 1.54) is 54.8 Å². The number of imidazole rings is 1. The molecule has 3 heteroatoms. The number of para-hydroxylation sites is 4. The molecular weight excluding hydrogens is 595 g/mol. The van der Waals surface area contributed by atoms with Gasteiger partial charge in [0.1, 0.15) is 5.82 Å². The van der Waals surface area contributed by atoms with Gasteiger partial charge in [-0.2, -0.15) is 0 Å². The lowest BCUT2D eigenvalue weighted by molar-refractivity contribution is 0.633. The Kier molecular flexibility index (Phi) is 5.92. The van der Waals surface area contributed by atoms with Gasteiger partial charge in [0, 0.05) is 22.4 Å². The summed E-state index contributed by atoms with van der Waals surface area (Å²) in [5, 5.41) is 7.73. The van der Waals surface area contributed by atoms with E-state index in [1.54, 1.807) is 0 Å². The molecule has 2 heterocycles. The van der Waals surface area contributed by atoms with E-state index >= 15 is 0 Å². The molecule has 0 amide bonds. The molecule has 9 aromatic rings. The summed E-state index contributed by atoms with van der Waals surface area (Å²) >= 11 is 0. The van der Waals surface area contributed by atoms with Crippen LogP contribution in [0.5, 0.6) is 0 Å². The van der Waals surface area contributed by atoms with Gasteiger partial charge in [-0.1, -0.05) is 123 Å². The van der Waals surface area contributed by atoms with Crippen LogP contribution in [0.1, 0.15) is 25.0 Å². The smallest absolute Gasteiger partial charge is 0.145 e. The van der Waals surface area contributed by atoms with Crippen LogP contribution >= 0.6 is 0 Å². The minimum Gasteiger partial charge on any atom is -0.310 e. The van der Waals surface area contributed by atoms with E-state index in [2.05, 4.69) is 187 Å². The van der Waals surface area contributed by atoms with Crippen LogP contribution in [0, 0.1) is 0 Å². The highest BCUT2D eigenvalue weighted by Gasteiger charge is 2.37. The van der Waals surface area contributed by atoms with Gasteiger partial charge in [-0.25, -0.2) is 4.98 Å². The number of benzene rings is 8. The highest BCUT2D eigenvalue weighted by Crippen LogP contribution is 2.54. The van der Waals surface area contributed by atoms with Crippen molar-refractivity contribution in [2.75, 3.05) is 4.90 Å². The fourth-order valence-electron chi connectivity index (χ4n) is 8.22. The van der Waals surface area contributed by atoms with Gasteiger partial charge in [-0.3, -0.25) is 4.57 Å². The molecule has 3 nitrogen and oxygen atoms in total. The highest BCUT2D eigenvalue weighted by molar-refractivity contribution is 6.26. The fourth-order valence-corrected chi connectivity index (χ4v) is 8.22. The van der Waals surface area contributed by atoms with Gasteiger partial charge in [0.25, 0.3) is 0 Å². The second kappa shape index (κ2) is 10.4. The average molecular weight is 628 g/mol. The van der Waals surface area contributed by atoms with Gasteiger partial charge in [0.05, 0.1) is 22.4 Å².